The van der Waals surface area contributed by atoms with Gasteiger partial charge in [-0.15, -0.1) is 0 Å². The molecule has 1 N–H and O–H groups in total. The van der Waals surface area contributed by atoms with E-state index >= 15 is 0 Å². The Hall–Kier alpha value is -3.40. The molecule has 2 amide bonds. The van der Waals surface area contributed by atoms with Crippen molar-refractivity contribution in [2.75, 3.05) is 17.3 Å². The Kier molecular flexibility index (Phi) is 5.67. The molecule has 0 saturated carbocycles. The van der Waals surface area contributed by atoms with E-state index in [1.165, 1.54) is 6.92 Å². The van der Waals surface area contributed by atoms with Crippen LogP contribution in [-0.2, 0) is 9.59 Å². The van der Waals surface area contributed by atoms with Crippen molar-refractivity contribution >= 4 is 23.2 Å². The Morgan fingerprint density at radius 2 is 1.26 bits per heavy atom. The smallest absolute Gasteiger partial charge is 0.238 e. The largest absolute Gasteiger partial charge is 0.326 e. The number of carbonyl (C=O) groups is 2. The number of hydrogen-bond donors (Lipinski definition) is 1. The number of benzene rings is 3. The zero-order valence-corrected chi connectivity index (χ0v) is 15.4. The summed E-state index contributed by atoms with van der Waals surface area (Å²) in [7, 11) is 1.77. The molecule has 4 nitrogen and oxygen atoms in total. The van der Waals surface area contributed by atoms with Crippen LogP contribution < -0.4 is 10.2 Å². The minimum atomic E-state index is -0.382. The van der Waals surface area contributed by atoms with Crippen LogP contribution in [-0.4, -0.2) is 18.9 Å². The Morgan fingerprint density at radius 1 is 0.778 bits per heavy atom. The lowest BCUT2D eigenvalue weighted by Crippen LogP contribution is -2.32. The summed E-state index contributed by atoms with van der Waals surface area (Å²) >= 11 is 0. The van der Waals surface area contributed by atoms with Crippen molar-refractivity contribution in [2.45, 2.75) is 12.8 Å². The predicted molar refractivity (Wildman–Crippen MR) is 109 cm³/mol. The van der Waals surface area contributed by atoms with Crippen LogP contribution in [0.4, 0.5) is 11.4 Å². The molecular formula is C23H22N2O2. The number of amides is 2. The summed E-state index contributed by atoms with van der Waals surface area (Å²) in [4.78, 5) is 26.2. The third-order valence-electron chi connectivity index (χ3n) is 4.42. The highest BCUT2D eigenvalue weighted by Crippen LogP contribution is 2.29. The van der Waals surface area contributed by atoms with Gasteiger partial charge in [0, 0.05) is 25.3 Å². The fourth-order valence-electron chi connectivity index (χ4n) is 3.06. The number of rotatable bonds is 5. The Balaban J connectivity index is 1.91. The number of nitrogens with one attached hydrogen (secondary N) is 1. The van der Waals surface area contributed by atoms with Gasteiger partial charge in [0.2, 0.25) is 11.8 Å². The van der Waals surface area contributed by atoms with E-state index in [0.29, 0.717) is 5.69 Å². The molecule has 4 heteroatoms. The van der Waals surface area contributed by atoms with Gasteiger partial charge in [-0.25, -0.2) is 0 Å². The molecule has 0 atom stereocenters. The third-order valence-corrected chi connectivity index (χ3v) is 4.42. The maximum atomic E-state index is 13.4. The number of likely N-dealkylation sites (N-methyl/N-ethyl adjacent to an activating group) is 1. The van der Waals surface area contributed by atoms with Crippen molar-refractivity contribution in [1.29, 1.82) is 0 Å². The molecule has 0 aliphatic carbocycles. The number of nitrogens with zero attached hydrogens (tertiary/aromatic N) is 1. The second kappa shape index (κ2) is 8.32. The Labute approximate surface area is 159 Å². The zero-order valence-electron chi connectivity index (χ0n) is 15.4. The lowest BCUT2D eigenvalue weighted by atomic mass is 9.90. The first kappa shape index (κ1) is 18.4. The fraction of sp³-hybridized carbons (Fsp3) is 0.130. The molecule has 3 rings (SSSR count). The van der Waals surface area contributed by atoms with Gasteiger partial charge >= 0.3 is 0 Å². The minimum absolute atomic E-state index is 0.0142. The highest BCUT2D eigenvalue weighted by atomic mass is 16.2. The van der Waals surface area contributed by atoms with Crippen LogP contribution in [0.15, 0.2) is 84.9 Å². The van der Waals surface area contributed by atoms with Gasteiger partial charge in [0.25, 0.3) is 0 Å². The molecule has 0 bridgehead atoms. The zero-order chi connectivity index (χ0) is 19.2. The lowest BCUT2D eigenvalue weighted by Gasteiger charge is -2.25. The van der Waals surface area contributed by atoms with E-state index < -0.39 is 0 Å². The van der Waals surface area contributed by atoms with Crippen LogP contribution in [0, 0.1) is 0 Å². The second-order valence-corrected chi connectivity index (χ2v) is 6.38. The summed E-state index contributed by atoms with van der Waals surface area (Å²) in [5.41, 5.74) is 3.38. The van der Waals surface area contributed by atoms with Crippen molar-refractivity contribution in [2.24, 2.45) is 0 Å². The average Bonchev–Trinajstić information content (AvgIpc) is 2.69. The molecule has 136 valence electrons. The summed E-state index contributed by atoms with van der Waals surface area (Å²) in [5.74, 6) is -0.521. The highest BCUT2D eigenvalue weighted by Gasteiger charge is 2.26. The Morgan fingerprint density at radius 3 is 1.70 bits per heavy atom. The monoisotopic (exact) mass is 358 g/mol. The van der Waals surface area contributed by atoms with Gasteiger partial charge in [-0.3, -0.25) is 9.59 Å². The molecule has 0 heterocycles. The van der Waals surface area contributed by atoms with Crippen molar-refractivity contribution < 1.29 is 9.59 Å². The van der Waals surface area contributed by atoms with E-state index in [2.05, 4.69) is 5.32 Å². The van der Waals surface area contributed by atoms with E-state index in [-0.39, 0.29) is 17.7 Å². The van der Waals surface area contributed by atoms with E-state index in [1.807, 2.05) is 72.8 Å². The van der Waals surface area contributed by atoms with Crippen LogP contribution in [0.2, 0.25) is 0 Å². The van der Waals surface area contributed by atoms with Gasteiger partial charge in [0.15, 0.2) is 0 Å². The molecule has 0 spiro atoms. The van der Waals surface area contributed by atoms with Gasteiger partial charge < -0.3 is 10.2 Å². The van der Waals surface area contributed by atoms with Gasteiger partial charge in [0.1, 0.15) is 0 Å². The van der Waals surface area contributed by atoms with Crippen molar-refractivity contribution in [1.82, 2.24) is 0 Å². The Bertz CT molecular complexity index is 867. The van der Waals surface area contributed by atoms with Crippen LogP contribution in [0.1, 0.15) is 24.0 Å². The summed E-state index contributed by atoms with van der Waals surface area (Å²) in [6.07, 6.45) is 0. The fourth-order valence-corrected chi connectivity index (χ4v) is 3.06. The molecule has 3 aromatic carbocycles. The number of hydrogen-bond acceptors (Lipinski definition) is 2. The SMILES string of the molecule is CC(=O)Nc1ccc(N(C)C(=O)C(c2ccccc2)c2ccccc2)cc1. The molecule has 0 fully saturated rings. The lowest BCUT2D eigenvalue weighted by molar-refractivity contribution is -0.119. The maximum absolute atomic E-state index is 13.4. The molecule has 0 unspecified atom stereocenters. The predicted octanol–water partition coefficient (Wildman–Crippen LogP) is 4.44. The molecular weight excluding hydrogens is 336 g/mol. The molecule has 0 saturated heterocycles. The molecule has 3 aromatic rings. The van der Waals surface area contributed by atoms with E-state index in [9.17, 15) is 9.59 Å². The van der Waals surface area contributed by atoms with Crippen molar-refractivity contribution in [3.05, 3.63) is 96.1 Å². The van der Waals surface area contributed by atoms with Crippen LogP contribution in [0.3, 0.4) is 0 Å². The number of carbonyl (C=O) groups excluding carboxylic acids is 2. The standard InChI is InChI=1S/C23H22N2O2/c1-17(26)24-20-13-15-21(16-14-20)25(2)23(27)22(18-9-5-3-6-10-18)19-11-7-4-8-12-19/h3-16,22H,1-2H3,(H,24,26). The minimum Gasteiger partial charge on any atom is -0.326 e. The van der Waals surface area contributed by atoms with Gasteiger partial charge in [-0.1, -0.05) is 60.7 Å². The molecule has 0 aromatic heterocycles. The first-order valence-electron chi connectivity index (χ1n) is 8.81. The highest BCUT2D eigenvalue weighted by molar-refractivity contribution is 6.00. The second-order valence-electron chi connectivity index (χ2n) is 6.38. The third kappa shape index (κ3) is 4.42. The van der Waals surface area contributed by atoms with Crippen LogP contribution in [0.25, 0.3) is 0 Å². The molecule has 27 heavy (non-hydrogen) atoms. The van der Waals surface area contributed by atoms with Crippen molar-refractivity contribution in [3.63, 3.8) is 0 Å². The normalized spacial score (nSPS) is 10.5. The van der Waals surface area contributed by atoms with Crippen molar-refractivity contribution in [3.8, 4) is 0 Å². The topological polar surface area (TPSA) is 49.4 Å². The van der Waals surface area contributed by atoms with E-state index in [4.69, 9.17) is 0 Å². The first-order valence-corrected chi connectivity index (χ1v) is 8.81. The average molecular weight is 358 g/mol. The van der Waals surface area contributed by atoms with Gasteiger partial charge in [0.05, 0.1) is 5.92 Å². The summed E-state index contributed by atoms with van der Waals surface area (Å²) in [6, 6.07) is 26.8. The summed E-state index contributed by atoms with van der Waals surface area (Å²) < 4.78 is 0. The van der Waals surface area contributed by atoms with Crippen LogP contribution in [0.5, 0.6) is 0 Å². The first-order chi connectivity index (χ1) is 13.1. The molecule has 0 aliphatic heterocycles. The summed E-state index contributed by atoms with van der Waals surface area (Å²) in [5, 5.41) is 2.73. The van der Waals surface area contributed by atoms with Gasteiger partial charge in [-0.05, 0) is 35.4 Å². The van der Waals surface area contributed by atoms with Crippen LogP contribution >= 0.6 is 0 Å². The summed E-state index contributed by atoms with van der Waals surface area (Å²) in [6.45, 7) is 1.47. The van der Waals surface area contributed by atoms with E-state index in [0.717, 1.165) is 16.8 Å². The molecule has 0 aliphatic rings. The maximum Gasteiger partial charge on any atom is 0.238 e. The molecule has 0 radical (unpaired) electrons. The van der Waals surface area contributed by atoms with Gasteiger partial charge in [-0.2, -0.15) is 0 Å². The quantitative estimate of drug-likeness (QED) is 0.733. The number of anilines is 2. The van der Waals surface area contributed by atoms with E-state index in [1.54, 1.807) is 24.1 Å².